The Morgan fingerprint density at radius 1 is 0.667 bits per heavy atom. The van der Waals surface area contributed by atoms with E-state index in [2.05, 4.69) is 13.8 Å². The number of aryl methyl sites for hydroxylation is 1. The van der Waals surface area contributed by atoms with Crippen LogP contribution in [-0.2, 0) is 25.5 Å². The second kappa shape index (κ2) is 22.4. The molecule has 1 atom stereocenters. The van der Waals surface area contributed by atoms with Gasteiger partial charge in [-0.3, -0.25) is 9.59 Å². The minimum Gasteiger partial charge on any atom is -0.466 e. The normalized spacial score (nSPS) is 11.9. The molecule has 0 aliphatic heterocycles. The van der Waals surface area contributed by atoms with Crippen molar-refractivity contribution in [1.29, 1.82) is 0 Å². The zero-order valence-corrected chi connectivity index (χ0v) is 23.7. The lowest BCUT2D eigenvalue weighted by atomic mass is 9.93. The molecule has 0 aromatic heterocycles. The number of hydrogen-bond donors (Lipinski definition) is 0. The molecule has 0 radical (unpaired) electrons. The van der Waals surface area contributed by atoms with E-state index in [-0.39, 0.29) is 18.4 Å². The van der Waals surface area contributed by atoms with E-state index in [0.717, 1.165) is 36.8 Å². The van der Waals surface area contributed by atoms with Gasteiger partial charge in [0.2, 0.25) is 0 Å². The summed E-state index contributed by atoms with van der Waals surface area (Å²) in [6.07, 6.45) is 19.9. The van der Waals surface area contributed by atoms with Crippen molar-refractivity contribution in [2.45, 2.75) is 136 Å². The largest absolute Gasteiger partial charge is 0.466 e. The van der Waals surface area contributed by atoms with E-state index in [1.165, 1.54) is 77.0 Å². The third-order valence-corrected chi connectivity index (χ3v) is 6.98. The van der Waals surface area contributed by atoms with Gasteiger partial charge in [0.15, 0.2) is 0 Å². The molecule has 0 amide bonds. The number of hydrogen-bond acceptors (Lipinski definition) is 4. The minimum atomic E-state index is -0.494. The SMILES string of the molecule is CCCCCCCCCCOC(=O)CC(Cc1ccccc1C)C(=O)OCCCCCCCCCC. The zero-order chi connectivity index (χ0) is 26.3. The molecule has 0 saturated heterocycles. The predicted octanol–water partition coefficient (Wildman–Crippen LogP) is 8.91. The van der Waals surface area contributed by atoms with E-state index in [1.54, 1.807) is 0 Å². The Bertz CT molecular complexity index is 684. The Kier molecular flexibility index (Phi) is 20.0. The van der Waals surface area contributed by atoms with Gasteiger partial charge in [0.05, 0.1) is 25.6 Å². The lowest BCUT2D eigenvalue weighted by Crippen LogP contribution is -2.25. The Hall–Kier alpha value is -1.84. The van der Waals surface area contributed by atoms with E-state index in [4.69, 9.17) is 9.47 Å². The van der Waals surface area contributed by atoms with Crippen LogP contribution in [0.25, 0.3) is 0 Å². The summed E-state index contributed by atoms with van der Waals surface area (Å²) in [6, 6.07) is 8.04. The molecule has 0 bridgehead atoms. The number of esters is 2. The highest BCUT2D eigenvalue weighted by Gasteiger charge is 2.25. The highest BCUT2D eigenvalue weighted by molar-refractivity contribution is 5.80. The lowest BCUT2D eigenvalue weighted by Gasteiger charge is -2.17. The summed E-state index contributed by atoms with van der Waals surface area (Å²) in [5.41, 5.74) is 2.22. The maximum Gasteiger partial charge on any atom is 0.309 e. The Morgan fingerprint density at radius 2 is 1.14 bits per heavy atom. The van der Waals surface area contributed by atoms with Crippen LogP contribution in [0, 0.1) is 12.8 Å². The molecule has 0 saturated carbocycles. The van der Waals surface area contributed by atoms with Crippen LogP contribution >= 0.6 is 0 Å². The van der Waals surface area contributed by atoms with Crippen LogP contribution in [0.3, 0.4) is 0 Å². The van der Waals surface area contributed by atoms with Crippen LogP contribution in [0.4, 0.5) is 0 Å². The highest BCUT2D eigenvalue weighted by atomic mass is 16.5. The third-order valence-electron chi connectivity index (χ3n) is 6.98. The average molecular weight is 503 g/mol. The molecule has 1 aromatic carbocycles. The molecule has 206 valence electrons. The molecule has 36 heavy (non-hydrogen) atoms. The number of ether oxygens (including phenoxy) is 2. The minimum absolute atomic E-state index is 0.0849. The first-order valence-electron chi connectivity index (χ1n) is 14.9. The molecule has 4 heteroatoms. The summed E-state index contributed by atoms with van der Waals surface area (Å²) in [5, 5.41) is 0. The Labute approximate surface area is 221 Å². The van der Waals surface area contributed by atoms with Gasteiger partial charge in [-0.05, 0) is 37.3 Å². The molecule has 0 aliphatic rings. The van der Waals surface area contributed by atoms with Crippen molar-refractivity contribution in [3.05, 3.63) is 35.4 Å². The van der Waals surface area contributed by atoms with Crippen LogP contribution in [0.15, 0.2) is 24.3 Å². The fourth-order valence-electron chi connectivity index (χ4n) is 4.55. The van der Waals surface area contributed by atoms with E-state index in [1.807, 2.05) is 31.2 Å². The van der Waals surface area contributed by atoms with Crippen molar-refractivity contribution < 1.29 is 19.1 Å². The van der Waals surface area contributed by atoms with E-state index in [0.29, 0.717) is 19.6 Å². The summed E-state index contributed by atoms with van der Waals surface area (Å²) in [7, 11) is 0. The topological polar surface area (TPSA) is 52.6 Å². The van der Waals surface area contributed by atoms with Gasteiger partial charge in [-0.2, -0.15) is 0 Å². The molecule has 1 unspecified atom stereocenters. The van der Waals surface area contributed by atoms with E-state index in [9.17, 15) is 9.59 Å². The average Bonchev–Trinajstić information content (AvgIpc) is 2.87. The second-order valence-electron chi connectivity index (χ2n) is 10.4. The monoisotopic (exact) mass is 502 g/mol. The van der Waals surface area contributed by atoms with E-state index >= 15 is 0 Å². The summed E-state index contributed by atoms with van der Waals surface area (Å²) < 4.78 is 11.1. The first kappa shape index (κ1) is 32.2. The van der Waals surface area contributed by atoms with Crippen LogP contribution in [0.2, 0.25) is 0 Å². The smallest absolute Gasteiger partial charge is 0.309 e. The molecule has 1 rings (SSSR count). The number of unbranched alkanes of at least 4 members (excludes halogenated alkanes) is 14. The summed E-state index contributed by atoms with van der Waals surface area (Å²) in [5.74, 6) is -1.06. The van der Waals surface area contributed by atoms with Crippen LogP contribution in [0.5, 0.6) is 0 Å². The summed E-state index contributed by atoms with van der Waals surface area (Å²) in [6.45, 7) is 7.39. The molecular formula is C32H54O4. The van der Waals surface area contributed by atoms with Crippen LogP contribution in [0.1, 0.15) is 134 Å². The van der Waals surface area contributed by atoms with Gasteiger partial charge in [-0.1, -0.05) is 128 Å². The number of carbonyl (C=O) groups excluding carboxylic acids is 2. The fraction of sp³-hybridized carbons (Fsp3) is 0.750. The molecule has 0 N–H and O–H groups in total. The van der Waals surface area contributed by atoms with Gasteiger partial charge < -0.3 is 9.47 Å². The lowest BCUT2D eigenvalue weighted by molar-refractivity contribution is -0.155. The highest BCUT2D eigenvalue weighted by Crippen LogP contribution is 2.19. The molecule has 0 spiro atoms. The van der Waals surface area contributed by atoms with Gasteiger partial charge in [-0.15, -0.1) is 0 Å². The van der Waals surface area contributed by atoms with Gasteiger partial charge in [0.25, 0.3) is 0 Å². The Balaban J connectivity index is 2.37. The van der Waals surface area contributed by atoms with Gasteiger partial charge in [0.1, 0.15) is 0 Å². The summed E-state index contributed by atoms with van der Waals surface area (Å²) in [4.78, 5) is 25.4. The summed E-state index contributed by atoms with van der Waals surface area (Å²) >= 11 is 0. The molecule has 0 heterocycles. The van der Waals surface area contributed by atoms with Gasteiger partial charge in [0, 0.05) is 0 Å². The maximum absolute atomic E-state index is 12.9. The molecule has 1 aromatic rings. The third kappa shape index (κ3) is 16.8. The standard InChI is InChI=1S/C32H54O4/c1-4-6-8-10-12-14-16-20-24-35-31(33)27-30(26-29-23-19-18-22-28(29)3)32(34)36-25-21-17-15-13-11-9-7-5-2/h18-19,22-23,30H,4-17,20-21,24-27H2,1-3H3. The second-order valence-corrected chi connectivity index (χ2v) is 10.4. The van der Waals surface area contributed by atoms with Crippen LogP contribution in [-0.4, -0.2) is 25.2 Å². The van der Waals surface area contributed by atoms with Crippen molar-refractivity contribution in [2.75, 3.05) is 13.2 Å². The van der Waals surface area contributed by atoms with Gasteiger partial charge >= 0.3 is 11.9 Å². The van der Waals surface area contributed by atoms with Crippen molar-refractivity contribution in [3.63, 3.8) is 0 Å². The van der Waals surface area contributed by atoms with Crippen molar-refractivity contribution in [2.24, 2.45) is 5.92 Å². The first-order valence-corrected chi connectivity index (χ1v) is 14.9. The molecule has 4 nitrogen and oxygen atoms in total. The van der Waals surface area contributed by atoms with Crippen molar-refractivity contribution in [1.82, 2.24) is 0 Å². The molecule has 0 fully saturated rings. The van der Waals surface area contributed by atoms with E-state index < -0.39 is 5.92 Å². The fourth-order valence-corrected chi connectivity index (χ4v) is 4.55. The maximum atomic E-state index is 12.9. The number of rotatable bonds is 23. The number of carbonyl (C=O) groups is 2. The first-order chi connectivity index (χ1) is 17.6. The number of benzene rings is 1. The van der Waals surface area contributed by atoms with Crippen molar-refractivity contribution >= 4 is 11.9 Å². The quantitative estimate of drug-likeness (QED) is 0.111. The predicted molar refractivity (Wildman–Crippen MR) is 150 cm³/mol. The molecular weight excluding hydrogens is 448 g/mol. The zero-order valence-electron chi connectivity index (χ0n) is 23.7. The molecule has 0 aliphatic carbocycles. The van der Waals surface area contributed by atoms with Crippen molar-refractivity contribution in [3.8, 4) is 0 Å². The Morgan fingerprint density at radius 3 is 1.67 bits per heavy atom. The van der Waals surface area contributed by atoms with Gasteiger partial charge in [-0.25, -0.2) is 0 Å². The van der Waals surface area contributed by atoms with Crippen LogP contribution < -0.4 is 0 Å².